The fraction of sp³-hybridized carbons (Fsp3) is 0.188. The van der Waals surface area contributed by atoms with E-state index in [4.69, 9.17) is 15.7 Å². The van der Waals surface area contributed by atoms with E-state index < -0.39 is 5.82 Å². The number of hydrogen-bond acceptors (Lipinski definition) is 3. The minimum absolute atomic E-state index is 0.136. The largest absolute Gasteiger partial charge is 0.488 e. The van der Waals surface area contributed by atoms with Crippen LogP contribution in [0.2, 0.25) is 0 Å². The van der Waals surface area contributed by atoms with Crippen molar-refractivity contribution in [2.75, 3.05) is 0 Å². The zero-order valence-electron chi connectivity index (χ0n) is 11.9. The molecule has 0 radical (unpaired) electrons. The zero-order valence-corrected chi connectivity index (χ0v) is 11.9. The molecule has 4 nitrogen and oxygen atoms in total. The molecule has 2 rings (SSSR count). The van der Waals surface area contributed by atoms with E-state index in [0.717, 1.165) is 16.9 Å². The van der Waals surface area contributed by atoms with Crippen molar-refractivity contribution in [3.63, 3.8) is 0 Å². The predicted molar refractivity (Wildman–Crippen MR) is 79.2 cm³/mol. The molecule has 0 amide bonds. The normalized spacial score (nSPS) is 11.5. The van der Waals surface area contributed by atoms with Gasteiger partial charge in [-0.15, -0.1) is 0 Å². The lowest BCUT2D eigenvalue weighted by atomic mass is 10.1. The molecule has 0 aromatic heterocycles. The van der Waals surface area contributed by atoms with Crippen molar-refractivity contribution in [2.45, 2.75) is 20.5 Å². The second-order valence-electron chi connectivity index (χ2n) is 4.84. The molecule has 0 aliphatic carbocycles. The molecule has 0 unspecified atom stereocenters. The number of nitrogens with zero attached hydrogens (tertiary/aromatic N) is 1. The van der Waals surface area contributed by atoms with Gasteiger partial charge in [-0.1, -0.05) is 23.4 Å². The second kappa shape index (κ2) is 6.26. The van der Waals surface area contributed by atoms with Gasteiger partial charge < -0.3 is 15.7 Å². The van der Waals surface area contributed by atoms with Gasteiger partial charge in [0.1, 0.15) is 18.2 Å². The Morgan fingerprint density at radius 1 is 1.24 bits per heavy atom. The molecule has 2 aromatic carbocycles. The summed E-state index contributed by atoms with van der Waals surface area (Å²) in [7, 11) is 0. The molecule has 2 aromatic rings. The molecule has 21 heavy (non-hydrogen) atoms. The molecule has 0 saturated heterocycles. The Balaban J connectivity index is 2.22. The lowest BCUT2D eigenvalue weighted by Gasteiger charge is -2.12. The summed E-state index contributed by atoms with van der Waals surface area (Å²) in [6, 6.07) is 10.1. The SMILES string of the molecule is Cc1cccc(C)c1OCc1cc(F)cc(/C(N)=N/O)c1. The van der Waals surface area contributed by atoms with Gasteiger partial charge in [0.15, 0.2) is 5.84 Å². The first kappa shape index (κ1) is 14.8. The Labute approximate surface area is 122 Å². The quantitative estimate of drug-likeness (QED) is 0.393. The molecule has 3 N–H and O–H groups in total. The third-order valence-electron chi connectivity index (χ3n) is 3.15. The number of oxime groups is 1. The molecule has 0 fully saturated rings. The van der Waals surface area contributed by atoms with Crippen molar-refractivity contribution >= 4 is 5.84 Å². The van der Waals surface area contributed by atoms with Crippen LogP contribution in [-0.2, 0) is 6.61 Å². The van der Waals surface area contributed by atoms with Crippen LogP contribution in [0.15, 0.2) is 41.6 Å². The topological polar surface area (TPSA) is 67.8 Å². The van der Waals surface area contributed by atoms with E-state index in [1.54, 1.807) is 6.07 Å². The summed E-state index contributed by atoms with van der Waals surface area (Å²) in [5.41, 5.74) is 8.44. The summed E-state index contributed by atoms with van der Waals surface area (Å²) < 4.78 is 19.3. The van der Waals surface area contributed by atoms with Crippen LogP contribution < -0.4 is 10.5 Å². The number of para-hydroxylation sites is 1. The maximum absolute atomic E-state index is 13.6. The van der Waals surface area contributed by atoms with Crippen LogP contribution in [0.1, 0.15) is 22.3 Å². The van der Waals surface area contributed by atoms with Crippen molar-refractivity contribution in [3.8, 4) is 5.75 Å². The number of ether oxygens (including phenoxy) is 1. The van der Waals surface area contributed by atoms with Crippen LogP contribution in [0.5, 0.6) is 5.75 Å². The third kappa shape index (κ3) is 3.51. The molecule has 110 valence electrons. The lowest BCUT2D eigenvalue weighted by molar-refractivity contribution is 0.301. The average Bonchev–Trinajstić information content (AvgIpc) is 2.45. The van der Waals surface area contributed by atoms with Crippen LogP contribution in [0, 0.1) is 19.7 Å². The van der Waals surface area contributed by atoms with Gasteiger partial charge in [-0.3, -0.25) is 0 Å². The van der Waals surface area contributed by atoms with E-state index in [-0.39, 0.29) is 12.4 Å². The number of hydrogen-bond donors (Lipinski definition) is 2. The first-order valence-corrected chi connectivity index (χ1v) is 6.47. The van der Waals surface area contributed by atoms with Gasteiger partial charge in [0, 0.05) is 5.56 Å². The van der Waals surface area contributed by atoms with E-state index >= 15 is 0 Å². The molecule has 0 bridgehead atoms. The number of halogens is 1. The zero-order chi connectivity index (χ0) is 15.4. The Bertz CT molecular complexity index is 664. The van der Waals surface area contributed by atoms with Gasteiger partial charge >= 0.3 is 0 Å². The molecule has 0 heterocycles. The number of aryl methyl sites for hydroxylation is 2. The van der Waals surface area contributed by atoms with E-state index in [1.165, 1.54) is 12.1 Å². The van der Waals surface area contributed by atoms with Gasteiger partial charge in [-0.25, -0.2) is 4.39 Å². The summed E-state index contributed by atoms with van der Waals surface area (Å²) in [4.78, 5) is 0. The van der Waals surface area contributed by atoms with E-state index in [0.29, 0.717) is 11.1 Å². The van der Waals surface area contributed by atoms with Crippen LogP contribution in [0.25, 0.3) is 0 Å². The standard InChI is InChI=1S/C16H17FN2O2/c1-10-4-3-5-11(2)15(10)21-9-12-6-13(16(18)19-20)8-14(17)7-12/h3-8,20H,9H2,1-2H3,(H2,18,19). The summed E-state index contributed by atoms with van der Waals surface area (Å²) >= 11 is 0. The minimum Gasteiger partial charge on any atom is -0.488 e. The molecule has 0 aliphatic rings. The second-order valence-corrected chi connectivity index (χ2v) is 4.84. The van der Waals surface area contributed by atoms with E-state index in [9.17, 15) is 4.39 Å². The fourth-order valence-corrected chi connectivity index (χ4v) is 2.12. The summed E-state index contributed by atoms with van der Waals surface area (Å²) in [5.74, 6) is 0.189. The maximum atomic E-state index is 13.6. The maximum Gasteiger partial charge on any atom is 0.170 e. The number of benzene rings is 2. The predicted octanol–water partition coefficient (Wildman–Crippen LogP) is 3.12. The highest BCUT2D eigenvalue weighted by Gasteiger charge is 2.07. The summed E-state index contributed by atoms with van der Waals surface area (Å²) in [5, 5.41) is 11.5. The molecule has 0 atom stereocenters. The fourth-order valence-electron chi connectivity index (χ4n) is 2.12. The highest BCUT2D eigenvalue weighted by atomic mass is 19.1. The lowest BCUT2D eigenvalue weighted by Crippen LogP contribution is -2.14. The Hall–Kier alpha value is -2.56. The number of amidine groups is 1. The number of rotatable bonds is 4. The first-order chi connectivity index (χ1) is 10.0. The average molecular weight is 288 g/mol. The van der Waals surface area contributed by atoms with Crippen molar-refractivity contribution < 1.29 is 14.3 Å². The van der Waals surface area contributed by atoms with Crippen molar-refractivity contribution in [1.82, 2.24) is 0 Å². The van der Waals surface area contributed by atoms with Crippen LogP contribution >= 0.6 is 0 Å². The van der Waals surface area contributed by atoms with Crippen molar-refractivity contribution in [3.05, 3.63) is 64.5 Å². The van der Waals surface area contributed by atoms with Gasteiger partial charge in [-0.2, -0.15) is 0 Å². The minimum atomic E-state index is -0.459. The molecular formula is C16H17FN2O2. The monoisotopic (exact) mass is 288 g/mol. The van der Waals surface area contributed by atoms with E-state index in [2.05, 4.69) is 5.16 Å². The molecule has 0 aliphatic heterocycles. The van der Waals surface area contributed by atoms with E-state index in [1.807, 2.05) is 32.0 Å². The Morgan fingerprint density at radius 3 is 2.52 bits per heavy atom. The van der Waals surface area contributed by atoms with Gasteiger partial charge in [0.05, 0.1) is 0 Å². The van der Waals surface area contributed by atoms with Crippen LogP contribution in [0.3, 0.4) is 0 Å². The Morgan fingerprint density at radius 2 is 1.90 bits per heavy atom. The van der Waals surface area contributed by atoms with Crippen molar-refractivity contribution in [1.29, 1.82) is 0 Å². The Kier molecular flexibility index (Phi) is 4.42. The van der Waals surface area contributed by atoms with Gasteiger partial charge in [0.2, 0.25) is 0 Å². The van der Waals surface area contributed by atoms with Crippen LogP contribution in [-0.4, -0.2) is 11.0 Å². The number of nitrogens with two attached hydrogens (primary N) is 1. The first-order valence-electron chi connectivity index (χ1n) is 6.47. The van der Waals surface area contributed by atoms with Gasteiger partial charge in [0.25, 0.3) is 0 Å². The molecular weight excluding hydrogens is 271 g/mol. The molecule has 5 heteroatoms. The van der Waals surface area contributed by atoms with Gasteiger partial charge in [-0.05, 0) is 48.7 Å². The smallest absolute Gasteiger partial charge is 0.170 e. The van der Waals surface area contributed by atoms with Crippen molar-refractivity contribution in [2.24, 2.45) is 10.9 Å². The molecule has 0 spiro atoms. The third-order valence-corrected chi connectivity index (χ3v) is 3.15. The van der Waals surface area contributed by atoms with Crippen LogP contribution in [0.4, 0.5) is 4.39 Å². The molecule has 0 saturated carbocycles. The summed E-state index contributed by atoms with van der Waals surface area (Å²) in [6.45, 7) is 4.11. The highest BCUT2D eigenvalue weighted by molar-refractivity contribution is 5.97. The summed E-state index contributed by atoms with van der Waals surface area (Å²) in [6.07, 6.45) is 0. The highest BCUT2D eigenvalue weighted by Crippen LogP contribution is 2.23.